The van der Waals surface area contributed by atoms with Crippen LogP contribution in [0.15, 0.2) is 59.9 Å². The van der Waals surface area contributed by atoms with E-state index < -0.39 is 12.1 Å². The largest absolute Gasteiger partial charge is 0.490 e. The maximum atomic E-state index is 13.5. The predicted octanol–water partition coefficient (Wildman–Crippen LogP) is 5.41. The lowest BCUT2D eigenvalue weighted by Crippen LogP contribution is -2.27. The van der Waals surface area contributed by atoms with E-state index in [4.69, 9.17) is 21.5 Å². The molecule has 2 N–H and O–H groups in total. The fourth-order valence-corrected chi connectivity index (χ4v) is 5.07. The Morgan fingerprint density at radius 1 is 1.18 bits per heavy atom. The second kappa shape index (κ2) is 13.7. The van der Waals surface area contributed by atoms with Gasteiger partial charge >= 0.3 is 12.1 Å². The summed E-state index contributed by atoms with van der Waals surface area (Å²) in [5, 5.41) is 24.2. The van der Waals surface area contributed by atoms with Crippen molar-refractivity contribution in [2.24, 2.45) is 13.0 Å². The minimum Gasteiger partial charge on any atom is -0.475 e. The van der Waals surface area contributed by atoms with Crippen LogP contribution in [0, 0.1) is 17.2 Å². The number of rotatable bonds is 3. The molecule has 15 heteroatoms. The van der Waals surface area contributed by atoms with E-state index in [1.54, 1.807) is 39.8 Å². The molecule has 4 aromatic rings. The zero-order valence-corrected chi connectivity index (χ0v) is 24.8. The molecule has 0 aliphatic carbocycles. The van der Waals surface area contributed by atoms with E-state index in [-0.39, 0.29) is 29.8 Å². The molecule has 1 aliphatic rings. The molecule has 0 unspecified atom stereocenters. The number of hydrogen-bond acceptors (Lipinski definition) is 7. The Bertz CT molecular complexity index is 1830. The minimum absolute atomic E-state index is 0.0662. The van der Waals surface area contributed by atoms with Gasteiger partial charge in [0.2, 0.25) is 5.91 Å². The molecule has 11 nitrogen and oxygen atoms in total. The lowest BCUT2D eigenvalue weighted by molar-refractivity contribution is -0.192. The Morgan fingerprint density at radius 3 is 2.58 bits per heavy atom. The first kappa shape index (κ1) is 32.9. The molecule has 3 aromatic heterocycles. The van der Waals surface area contributed by atoms with Gasteiger partial charge in [0.05, 0.1) is 53.8 Å². The molecule has 0 saturated heterocycles. The van der Waals surface area contributed by atoms with Gasteiger partial charge in [-0.05, 0) is 42.7 Å². The highest BCUT2D eigenvalue weighted by Crippen LogP contribution is 2.33. The minimum atomic E-state index is -5.08. The smallest absolute Gasteiger partial charge is 0.475 e. The van der Waals surface area contributed by atoms with Gasteiger partial charge in [-0.3, -0.25) is 23.8 Å². The molecular weight excluding hydrogens is 615 g/mol. The Morgan fingerprint density at radius 2 is 1.91 bits per heavy atom. The molecule has 45 heavy (non-hydrogen) atoms. The van der Waals surface area contributed by atoms with E-state index in [9.17, 15) is 28.0 Å². The molecule has 2 bridgehead atoms. The summed E-state index contributed by atoms with van der Waals surface area (Å²) in [5.74, 6) is -3.04. The SMILES string of the molecule is C[C@@H]1CCC[C@H](n2cnc(-c3cc(Cl)ccc3CC#N)cc2=O)c2cc(ccn2)-c2c(cnn2C)NC1=O.O=C(O)C(F)(F)F. The lowest BCUT2D eigenvalue weighted by atomic mass is 9.97. The standard InChI is InChI=1S/C28H26ClN7O2.C2HF3O2/c1-17-4-3-5-25(23-12-19(9-11-31-23)27-24(34-28(17)38)15-33-35(27)2)36-16-32-22(14-26(36)37)21-13-20(29)7-6-18(21)8-10-30;3-2(4,5)1(6)7/h6-7,9,11-17,25H,3-5,8H2,1-2H3,(H,34,38);(H,6,7)/t17-,25+;/m1./s1. The van der Waals surface area contributed by atoms with Crippen molar-refractivity contribution in [1.82, 2.24) is 24.3 Å². The van der Waals surface area contributed by atoms with E-state index in [2.05, 4.69) is 26.5 Å². The quantitative estimate of drug-likeness (QED) is 0.301. The second-order valence-electron chi connectivity index (χ2n) is 10.3. The summed E-state index contributed by atoms with van der Waals surface area (Å²) in [6.45, 7) is 1.90. The zero-order chi connectivity index (χ0) is 32.9. The van der Waals surface area contributed by atoms with Gasteiger partial charge in [-0.2, -0.15) is 23.5 Å². The summed E-state index contributed by atoms with van der Waals surface area (Å²) < 4.78 is 35.0. The highest BCUT2D eigenvalue weighted by atomic mass is 35.5. The number of anilines is 1. The molecule has 0 radical (unpaired) electrons. The van der Waals surface area contributed by atoms with Gasteiger partial charge in [0, 0.05) is 41.4 Å². The third-order valence-corrected chi connectivity index (χ3v) is 7.42. The van der Waals surface area contributed by atoms with E-state index in [0.717, 1.165) is 22.5 Å². The molecule has 1 amide bonds. The predicted molar refractivity (Wildman–Crippen MR) is 158 cm³/mol. The number of halogens is 4. The number of nitriles is 1. The highest BCUT2D eigenvalue weighted by Gasteiger charge is 2.38. The molecule has 1 aliphatic heterocycles. The van der Waals surface area contributed by atoms with Crippen molar-refractivity contribution in [3.8, 4) is 28.6 Å². The van der Waals surface area contributed by atoms with Crippen LogP contribution in [0.25, 0.3) is 22.5 Å². The summed E-state index contributed by atoms with van der Waals surface area (Å²) >= 11 is 6.21. The van der Waals surface area contributed by atoms with Gasteiger partial charge in [-0.25, -0.2) is 9.78 Å². The molecule has 0 fully saturated rings. The van der Waals surface area contributed by atoms with E-state index >= 15 is 0 Å². The van der Waals surface area contributed by atoms with E-state index in [1.807, 2.05) is 26.1 Å². The summed E-state index contributed by atoms with van der Waals surface area (Å²) in [4.78, 5) is 44.5. The number of hydrogen-bond donors (Lipinski definition) is 2. The normalized spacial score (nSPS) is 16.5. The van der Waals surface area contributed by atoms with Crippen molar-refractivity contribution in [1.29, 1.82) is 5.26 Å². The second-order valence-corrected chi connectivity index (χ2v) is 10.7. The number of carboxylic acid groups (broad SMARTS) is 1. The first-order valence-corrected chi connectivity index (χ1v) is 14.0. The van der Waals surface area contributed by atoms with Crippen LogP contribution in [-0.2, 0) is 23.1 Å². The van der Waals surface area contributed by atoms with Gasteiger partial charge < -0.3 is 10.4 Å². The molecule has 1 aromatic carbocycles. The van der Waals surface area contributed by atoms with Crippen LogP contribution in [0.2, 0.25) is 5.02 Å². The zero-order valence-electron chi connectivity index (χ0n) is 24.0. The Labute approximate surface area is 259 Å². The number of aryl methyl sites for hydroxylation is 1. The van der Waals surface area contributed by atoms with Gasteiger partial charge in [-0.1, -0.05) is 31.0 Å². The Kier molecular flexibility index (Phi) is 10.0. The van der Waals surface area contributed by atoms with Crippen LogP contribution in [-0.4, -0.2) is 47.5 Å². The first-order valence-electron chi connectivity index (χ1n) is 13.6. The third-order valence-electron chi connectivity index (χ3n) is 7.19. The number of benzene rings is 1. The summed E-state index contributed by atoms with van der Waals surface area (Å²) in [6.07, 6.45) is 1.94. The Balaban J connectivity index is 0.000000591. The van der Waals surface area contributed by atoms with E-state index in [0.29, 0.717) is 41.2 Å². The molecule has 2 atom stereocenters. The van der Waals surface area contributed by atoms with Crippen LogP contribution in [0.3, 0.4) is 0 Å². The van der Waals surface area contributed by atoms with Crippen LogP contribution >= 0.6 is 11.6 Å². The number of carbonyl (C=O) groups is 2. The number of aliphatic carboxylic acids is 1. The van der Waals surface area contributed by atoms with Crippen molar-refractivity contribution >= 4 is 29.2 Å². The van der Waals surface area contributed by atoms with Crippen LogP contribution in [0.4, 0.5) is 18.9 Å². The fourth-order valence-electron chi connectivity index (χ4n) is 4.90. The van der Waals surface area contributed by atoms with Gasteiger partial charge in [0.1, 0.15) is 0 Å². The van der Waals surface area contributed by atoms with Gasteiger partial charge in [0.25, 0.3) is 5.56 Å². The number of pyridine rings is 1. The van der Waals surface area contributed by atoms with Crippen molar-refractivity contribution in [3.63, 3.8) is 0 Å². The number of aromatic nitrogens is 5. The maximum absolute atomic E-state index is 13.5. The highest BCUT2D eigenvalue weighted by molar-refractivity contribution is 6.30. The van der Waals surface area contributed by atoms with Crippen LogP contribution in [0.1, 0.15) is 43.5 Å². The average Bonchev–Trinajstić information content (AvgIpc) is 3.35. The van der Waals surface area contributed by atoms with E-state index in [1.165, 1.54) is 12.4 Å². The van der Waals surface area contributed by atoms with Gasteiger partial charge in [-0.15, -0.1) is 0 Å². The third kappa shape index (κ3) is 7.74. The maximum Gasteiger partial charge on any atom is 0.490 e. The molecule has 0 saturated carbocycles. The number of nitrogens with zero attached hydrogens (tertiary/aromatic N) is 6. The van der Waals surface area contributed by atoms with Crippen molar-refractivity contribution < 1.29 is 27.9 Å². The van der Waals surface area contributed by atoms with Crippen molar-refractivity contribution in [2.45, 2.75) is 44.8 Å². The Hall–Kier alpha value is -5.03. The topological polar surface area (TPSA) is 156 Å². The first-order chi connectivity index (χ1) is 21.3. The fraction of sp³-hybridized carbons (Fsp3) is 0.300. The lowest BCUT2D eigenvalue weighted by Gasteiger charge is -2.22. The number of alkyl halides is 3. The van der Waals surface area contributed by atoms with Crippen molar-refractivity contribution in [2.75, 3.05) is 5.32 Å². The number of carboxylic acids is 1. The molecule has 234 valence electrons. The number of carbonyl (C=O) groups excluding carboxylic acids is 1. The van der Waals surface area contributed by atoms with Crippen LogP contribution < -0.4 is 10.9 Å². The number of fused-ring (bicyclic) bond motifs is 4. The molecule has 5 rings (SSSR count). The summed E-state index contributed by atoms with van der Waals surface area (Å²) in [5.41, 5.74) is 4.58. The number of amides is 1. The average molecular weight is 642 g/mol. The van der Waals surface area contributed by atoms with Crippen molar-refractivity contribution in [3.05, 3.63) is 81.8 Å². The van der Waals surface area contributed by atoms with Gasteiger partial charge in [0.15, 0.2) is 0 Å². The monoisotopic (exact) mass is 641 g/mol. The summed E-state index contributed by atoms with van der Waals surface area (Å²) in [7, 11) is 1.82. The molecular formula is C30H27ClF3N7O4. The summed E-state index contributed by atoms with van der Waals surface area (Å²) in [6, 6.07) is 12.3. The molecule has 4 heterocycles. The number of nitrogens with one attached hydrogen (secondary N) is 1. The van der Waals surface area contributed by atoms with Crippen LogP contribution in [0.5, 0.6) is 0 Å². The molecule has 0 spiro atoms.